The summed E-state index contributed by atoms with van der Waals surface area (Å²) >= 11 is 0. The minimum Gasteiger partial charge on any atom is -0.508 e. The first kappa shape index (κ1) is 11.7. The Morgan fingerprint density at radius 1 is 1.29 bits per heavy atom. The minimum atomic E-state index is -0.214. The summed E-state index contributed by atoms with van der Waals surface area (Å²) in [7, 11) is 0. The molecule has 1 heterocycles. The number of hydrogen-bond acceptors (Lipinski definition) is 4. The highest BCUT2D eigenvalue weighted by atomic mass is 16.3. The molecule has 0 aliphatic carbocycles. The van der Waals surface area contributed by atoms with E-state index in [9.17, 15) is 9.90 Å². The Balaban J connectivity index is 2.14. The number of phenols is 2. The smallest absolute Gasteiger partial charge is 0.257 e. The fourth-order valence-corrected chi connectivity index (χ4v) is 1.97. The van der Waals surface area contributed by atoms with Gasteiger partial charge >= 0.3 is 0 Å². The van der Waals surface area contributed by atoms with Crippen LogP contribution in [0.4, 0.5) is 0 Å². The number of carbonyl (C=O) groups is 1. The molecule has 0 spiro atoms. The van der Waals surface area contributed by atoms with Crippen LogP contribution in [0.2, 0.25) is 0 Å². The molecule has 0 aromatic heterocycles. The molecule has 1 fully saturated rings. The van der Waals surface area contributed by atoms with Crippen LogP contribution in [0.1, 0.15) is 23.2 Å². The first-order chi connectivity index (χ1) is 8.08. The van der Waals surface area contributed by atoms with Crippen molar-refractivity contribution < 1.29 is 15.0 Å². The van der Waals surface area contributed by atoms with Crippen molar-refractivity contribution in [3.05, 3.63) is 23.8 Å². The molecule has 1 aromatic rings. The second-order valence-electron chi connectivity index (χ2n) is 4.33. The predicted molar refractivity (Wildman–Crippen MR) is 62.9 cm³/mol. The molecule has 1 amide bonds. The van der Waals surface area contributed by atoms with Crippen LogP contribution in [0.5, 0.6) is 11.5 Å². The lowest BCUT2D eigenvalue weighted by atomic mass is 10.0. The van der Waals surface area contributed by atoms with Crippen LogP contribution in [-0.2, 0) is 0 Å². The molecule has 92 valence electrons. The van der Waals surface area contributed by atoms with Crippen LogP contribution in [0.15, 0.2) is 18.2 Å². The molecule has 0 unspecified atom stereocenters. The van der Waals surface area contributed by atoms with Gasteiger partial charge in [-0.15, -0.1) is 0 Å². The lowest BCUT2D eigenvalue weighted by Crippen LogP contribution is -2.42. The largest absolute Gasteiger partial charge is 0.508 e. The Labute approximate surface area is 99.5 Å². The zero-order chi connectivity index (χ0) is 12.4. The highest BCUT2D eigenvalue weighted by Gasteiger charge is 2.23. The first-order valence-electron chi connectivity index (χ1n) is 5.65. The van der Waals surface area contributed by atoms with Crippen molar-refractivity contribution in [3.8, 4) is 11.5 Å². The predicted octanol–water partition coefficient (Wildman–Crippen LogP) is 0.661. The van der Waals surface area contributed by atoms with Gasteiger partial charge in [-0.3, -0.25) is 4.79 Å². The van der Waals surface area contributed by atoms with Gasteiger partial charge in [-0.05, 0) is 25.0 Å². The lowest BCUT2D eigenvalue weighted by Gasteiger charge is -2.30. The summed E-state index contributed by atoms with van der Waals surface area (Å²) < 4.78 is 0. The van der Waals surface area contributed by atoms with Crippen LogP contribution in [-0.4, -0.2) is 40.2 Å². The van der Waals surface area contributed by atoms with E-state index in [1.165, 1.54) is 18.2 Å². The zero-order valence-corrected chi connectivity index (χ0v) is 9.47. The van der Waals surface area contributed by atoms with Crippen LogP contribution in [0.3, 0.4) is 0 Å². The zero-order valence-electron chi connectivity index (χ0n) is 9.47. The topological polar surface area (TPSA) is 86.8 Å². The lowest BCUT2D eigenvalue weighted by molar-refractivity contribution is 0.0711. The number of likely N-dealkylation sites (tertiary alicyclic amines) is 1. The summed E-state index contributed by atoms with van der Waals surface area (Å²) in [6.07, 6.45) is 1.56. The number of piperidine rings is 1. The Morgan fingerprint density at radius 3 is 2.53 bits per heavy atom. The molecule has 0 radical (unpaired) electrons. The van der Waals surface area contributed by atoms with Crippen molar-refractivity contribution in [1.29, 1.82) is 0 Å². The minimum absolute atomic E-state index is 0.0558. The van der Waals surface area contributed by atoms with Gasteiger partial charge in [-0.1, -0.05) is 0 Å². The highest BCUT2D eigenvalue weighted by molar-refractivity contribution is 5.97. The van der Waals surface area contributed by atoms with Gasteiger partial charge in [0.15, 0.2) is 0 Å². The van der Waals surface area contributed by atoms with E-state index < -0.39 is 0 Å². The molecule has 0 atom stereocenters. The van der Waals surface area contributed by atoms with Crippen molar-refractivity contribution in [1.82, 2.24) is 4.90 Å². The number of carbonyl (C=O) groups excluding carboxylic acids is 1. The van der Waals surface area contributed by atoms with E-state index in [2.05, 4.69) is 0 Å². The van der Waals surface area contributed by atoms with Gasteiger partial charge in [0.25, 0.3) is 5.91 Å². The van der Waals surface area contributed by atoms with E-state index in [4.69, 9.17) is 10.8 Å². The number of aromatic hydroxyl groups is 2. The molecular weight excluding hydrogens is 220 g/mol. The maximum Gasteiger partial charge on any atom is 0.257 e. The molecule has 5 heteroatoms. The molecule has 1 aliphatic rings. The van der Waals surface area contributed by atoms with Crippen molar-refractivity contribution in [2.45, 2.75) is 18.9 Å². The summed E-state index contributed by atoms with van der Waals surface area (Å²) in [6.45, 7) is 1.22. The van der Waals surface area contributed by atoms with Gasteiger partial charge in [-0.25, -0.2) is 0 Å². The number of benzene rings is 1. The van der Waals surface area contributed by atoms with Gasteiger partial charge in [-0.2, -0.15) is 0 Å². The van der Waals surface area contributed by atoms with Gasteiger partial charge in [0.1, 0.15) is 11.5 Å². The first-order valence-corrected chi connectivity index (χ1v) is 5.65. The number of hydrogen-bond donors (Lipinski definition) is 3. The molecule has 2 rings (SSSR count). The van der Waals surface area contributed by atoms with E-state index in [0.29, 0.717) is 13.1 Å². The molecule has 4 N–H and O–H groups in total. The van der Waals surface area contributed by atoms with Crippen LogP contribution in [0.25, 0.3) is 0 Å². The number of nitrogens with two attached hydrogens (primary N) is 1. The molecule has 1 saturated heterocycles. The fraction of sp³-hybridized carbons (Fsp3) is 0.417. The van der Waals surface area contributed by atoms with E-state index >= 15 is 0 Å². The maximum atomic E-state index is 12.1. The summed E-state index contributed by atoms with van der Waals surface area (Å²) in [5.41, 5.74) is 5.99. The number of amides is 1. The molecule has 17 heavy (non-hydrogen) atoms. The number of phenolic OH excluding ortho intramolecular Hbond substituents is 2. The fourth-order valence-electron chi connectivity index (χ4n) is 1.97. The van der Waals surface area contributed by atoms with E-state index in [-0.39, 0.29) is 29.0 Å². The highest BCUT2D eigenvalue weighted by Crippen LogP contribution is 2.24. The Morgan fingerprint density at radius 2 is 1.94 bits per heavy atom. The average molecular weight is 236 g/mol. The van der Waals surface area contributed by atoms with E-state index in [0.717, 1.165) is 12.8 Å². The van der Waals surface area contributed by atoms with Gasteiger partial charge in [0.05, 0.1) is 5.56 Å². The second kappa shape index (κ2) is 4.63. The third-order valence-corrected chi connectivity index (χ3v) is 3.04. The van der Waals surface area contributed by atoms with Crippen LogP contribution in [0, 0.1) is 0 Å². The van der Waals surface area contributed by atoms with Crippen LogP contribution < -0.4 is 5.73 Å². The van der Waals surface area contributed by atoms with Crippen molar-refractivity contribution >= 4 is 5.91 Å². The average Bonchev–Trinajstić information content (AvgIpc) is 2.29. The quantitative estimate of drug-likeness (QED) is 0.668. The third kappa shape index (κ3) is 2.50. The maximum absolute atomic E-state index is 12.1. The number of rotatable bonds is 1. The summed E-state index contributed by atoms with van der Waals surface area (Å²) in [4.78, 5) is 13.8. The normalized spacial score (nSPS) is 17.1. The molecular formula is C12H16N2O3. The van der Waals surface area contributed by atoms with Crippen molar-refractivity contribution in [2.24, 2.45) is 5.73 Å². The van der Waals surface area contributed by atoms with E-state index in [1.807, 2.05) is 0 Å². The third-order valence-electron chi connectivity index (χ3n) is 3.04. The molecule has 1 aromatic carbocycles. The Kier molecular flexibility index (Phi) is 3.19. The molecule has 5 nitrogen and oxygen atoms in total. The molecule has 0 bridgehead atoms. The van der Waals surface area contributed by atoms with Crippen molar-refractivity contribution in [2.75, 3.05) is 13.1 Å². The number of nitrogens with zero attached hydrogens (tertiary/aromatic N) is 1. The SMILES string of the molecule is NC1CCN(C(=O)c2ccc(O)cc2O)CC1. The second-order valence-corrected chi connectivity index (χ2v) is 4.33. The molecule has 1 aliphatic heterocycles. The Hall–Kier alpha value is -1.75. The summed E-state index contributed by atoms with van der Waals surface area (Å²) in [5, 5.41) is 18.8. The van der Waals surface area contributed by atoms with Gasteiger partial charge in [0, 0.05) is 25.2 Å². The van der Waals surface area contributed by atoms with Gasteiger partial charge in [0.2, 0.25) is 0 Å². The van der Waals surface area contributed by atoms with Gasteiger partial charge < -0.3 is 20.8 Å². The van der Waals surface area contributed by atoms with E-state index in [1.54, 1.807) is 4.90 Å². The Bertz CT molecular complexity index is 426. The monoisotopic (exact) mass is 236 g/mol. The van der Waals surface area contributed by atoms with Crippen LogP contribution >= 0.6 is 0 Å². The molecule has 0 saturated carbocycles. The standard InChI is InChI=1S/C12H16N2O3/c13-8-3-5-14(6-4-8)12(17)10-2-1-9(15)7-11(10)16/h1-2,7-8,15-16H,3-6,13H2. The summed E-state index contributed by atoms with van der Waals surface area (Å²) in [5.74, 6) is -0.459. The van der Waals surface area contributed by atoms with Crippen molar-refractivity contribution in [3.63, 3.8) is 0 Å². The summed E-state index contributed by atoms with van der Waals surface area (Å²) in [6, 6.07) is 4.15.